The molecule has 1 aromatic heterocycles. The number of likely N-dealkylation sites (N-methyl/N-ethyl adjacent to an activating group) is 1. The average Bonchev–Trinajstić information content (AvgIpc) is 2.91. The molecule has 2 rings (SSSR count). The SMILES string of the molecule is Cc1ccc(S(=O)(=O)NCC(c2cccs2)N(C)C)c(Cl)c1. The number of hydrogen-bond donors (Lipinski definition) is 1. The maximum absolute atomic E-state index is 12.5. The van der Waals surface area contributed by atoms with Gasteiger partial charge in [-0.3, -0.25) is 0 Å². The number of sulfonamides is 1. The summed E-state index contributed by atoms with van der Waals surface area (Å²) in [6.07, 6.45) is 0. The van der Waals surface area contributed by atoms with Gasteiger partial charge in [-0.1, -0.05) is 23.7 Å². The van der Waals surface area contributed by atoms with Crippen LogP contribution in [0.3, 0.4) is 0 Å². The van der Waals surface area contributed by atoms with Gasteiger partial charge in [-0.25, -0.2) is 13.1 Å². The number of halogens is 1. The summed E-state index contributed by atoms with van der Waals surface area (Å²) in [5.41, 5.74) is 0.925. The second-order valence-electron chi connectivity index (χ2n) is 5.28. The van der Waals surface area contributed by atoms with Crippen molar-refractivity contribution in [1.29, 1.82) is 0 Å². The summed E-state index contributed by atoms with van der Waals surface area (Å²) >= 11 is 7.67. The van der Waals surface area contributed by atoms with Crippen LogP contribution in [0.4, 0.5) is 0 Å². The molecule has 0 aliphatic heterocycles. The topological polar surface area (TPSA) is 49.4 Å². The molecule has 1 unspecified atom stereocenters. The molecule has 1 aromatic carbocycles. The molecule has 0 amide bonds. The van der Waals surface area contributed by atoms with Crippen LogP contribution in [-0.2, 0) is 10.0 Å². The van der Waals surface area contributed by atoms with Gasteiger partial charge >= 0.3 is 0 Å². The molecule has 0 aliphatic carbocycles. The third kappa shape index (κ3) is 4.08. The number of benzene rings is 1. The molecule has 1 N–H and O–H groups in total. The Balaban J connectivity index is 2.18. The van der Waals surface area contributed by atoms with E-state index in [4.69, 9.17) is 11.6 Å². The monoisotopic (exact) mass is 358 g/mol. The van der Waals surface area contributed by atoms with Gasteiger partial charge in [0, 0.05) is 11.4 Å². The van der Waals surface area contributed by atoms with E-state index in [1.165, 1.54) is 6.07 Å². The lowest BCUT2D eigenvalue weighted by Gasteiger charge is -2.23. The smallest absolute Gasteiger partial charge is 0.242 e. The van der Waals surface area contributed by atoms with Gasteiger partial charge in [0.25, 0.3) is 0 Å². The molecule has 0 saturated carbocycles. The Hall–Kier alpha value is -0.920. The second-order valence-corrected chi connectivity index (χ2v) is 8.40. The fourth-order valence-electron chi connectivity index (χ4n) is 2.11. The van der Waals surface area contributed by atoms with Crippen molar-refractivity contribution >= 4 is 33.0 Å². The second kappa shape index (κ2) is 7.10. The first-order chi connectivity index (χ1) is 10.3. The van der Waals surface area contributed by atoms with Crippen molar-refractivity contribution in [3.8, 4) is 0 Å². The molecule has 4 nitrogen and oxygen atoms in total. The fourth-order valence-corrected chi connectivity index (χ4v) is 4.67. The first-order valence-electron chi connectivity index (χ1n) is 6.77. The lowest BCUT2D eigenvalue weighted by atomic mass is 10.2. The van der Waals surface area contributed by atoms with Gasteiger partial charge < -0.3 is 4.90 Å². The summed E-state index contributed by atoms with van der Waals surface area (Å²) in [7, 11) is 0.225. The first kappa shape index (κ1) is 17.4. The lowest BCUT2D eigenvalue weighted by Crippen LogP contribution is -2.34. The van der Waals surface area contributed by atoms with E-state index < -0.39 is 10.0 Å². The van der Waals surface area contributed by atoms with Crippen molar-refractivity contribution in [3.05, 3.63) is 51.2 Å². The van der Waals surface area contributed by atoms with Crippen molar-refractivity contribution < 1.29 is 8.42 Å². The molecule has 0 bridgehead atoms. The number of rotatable bonds is 6. The van der Waals surface area contributed by atoms with Gasteiger partial charge in [0.1, 0.15) is 4.90 Å². The van der Waals surface area contributed by atoms with Crippen molar-refractivity contribution in [2.24, 2.45) is 0 Å². The fraction of sp³-hybridized carbons (Fsp3) is 0.333. The highest BCUT2D eigenvalue weighted by Crippen LogP contribution is 2.25. The minimum absolute atomic E-state index is 0.0148. The third-order valence-electron chi connectivity index (χ3n) is 3.34. The molecule has 120 valence electrons. The van der Waals surface area contributed by atoms with E-state index in [1.54, 1.807) is 23.5 Å². The molecule has 0 aliphatic rings. The summed E-state index contributed by atoms with van der Waals surface area (Å²) in [5, 5.41) is 2.22. The largest absolute Gasteiger partial charge is 0.300 e. The zero-order valence-corrected chi connectivity index (χ0v) is 15.1. The molecule has 0 spiro atoms. The number of thiophene rings is 1. The number of nitrogens with zero attached hydrogens (tertiary/aromatic N) is 1. The number of nitrogens with one attached hydrogen (secondary N) is 1. The molecule has 2 aromatic rings. The lowest BCUT2D eigenvalue weighted by molar-refractivity contribution is 0.303. The standard InChI is InChI=1S/C15H19ClN2O2S2/c1-11-6-7-15(12(16)9-11)22(19,20)17-10-13(18(2)3)14-5-4-8-21-14/h4-9,13,17H,10H2,1-3H3. The Kier molecular flexibility index (Phi) is 5.63. The predicted octanol–water partition coefficient (Wildman–Crippen LogP) is 3.29. The highest BCUT2D eigenvalue weighted by atomic mass is 35.5. The Labute approximate surface area is 140 Å². The van der Waals surface area contributed by atoms with E-state index in [1.807, 2.05) is 43.4 Å². The summed E-state index contributed by atoms with van der Waals surface area (Å²) in [4.78, 5) is 3.22. The van der Waals surface area contributed by atoms with Crippen molar-refractivity contribution in [2.75, 3.05) is 20.6 Å². The number of hydrogen-bond acceptors (Lipinski definition) is 4. The third-order valence-corrected chi connectivity index (χ3v) is 6.22. The van der Waals surface area contributed by atoms with Gasteiger partial charge in [0.2, 0.25) is 10.0 Å². The van der Waals surface area contributed by atoms with Gasteiger partial charge in [-0.15, -0.1) is 11.3 Å². The van der Waals surface area contributed by atoms with E-state index in [9.17, 15) is 8.42 Å². The van der Waals surface area contributed by atoms with Crippen LogP contribution in [0.15, 0.2) is 40.6 Å². The first-order valence-corrected chi connectivity index (χ1v) is 9.51. The van der Waals surface area contributed by atoms with Crippen LogP contribution in [0.2, 0.25) is 5.02 Å². The van der Waals surface area contributed by atoms with Crippen LogP contribution in [0.5, 0.6) is 0 Å². The minimum atomic E-state index is -3.63. The molecular weight excluding hydrogens is 340 g/mol. The Morgan fingerprint density at radius 2 is 2.05 bits per heavy atom. The summed E-state index contributed by atoms with van der Waals surface area (Å²) in [6, 6.07) is 8.88. The van der Waals surface area contributed by atoms with Crippen molar-refractivity contribution in [2.45, 2.75) is 17.9 Å². The van der Waals surface area contributed by atoms with Gasteiger partial charge in [0.15, 0.2) is 0 Å². The van der Waals surface area contributed by atoms with Crippen LogP contribution >= 0.6 is 22.9 Å². The van der Waals surface area contributed by atoms with Gasteiger partial charge in [0.05, 0.1) is 11.1 Å². The van der Waals surface area contributed by atoms with Crippen molar-refractivity contribution in [1.82, 2.24) is 9.62 Å². The zero-order valence-electron chi connectivity index (χ0n) is 12.7. The van der Waals surface area contributed by atoms with E-state index in [0.717, 1.165) is 10.4 Å². The maximum atomic E-state index is 12.5. The zero-order chi connectivity index (χ0) is 16.3. The summed E-state index contributed by atoms with van der Waals surface area (Å²) < 4.78 is 27.6. The van der Waals surface area contributed by atoms with Crippen LogP contribution in [0.25, 0.3) is 0 Å². The van der Waals surface area contributed by atoms with E-state index in [-0.39, 0.29) is 16.0 Å². The van der Waals surface area contributed by atoms with E-state index >= 15 is 0 Å². The van der Waals surface area contributed by atoms with Crippen LogP contribution in [-0.4, -0.2) is 34.0 Å². The highest BCUT2D eigenvalue weighted by Gasteiger charge is 2.22. The Bertz CT molecular complexity index is 728. The molecule has 7 heteroatoms. The average molecular weight is 359 g/mol. The Morgan fingerprint density at radius 3 is 2.59 bits per heavy atom. The molecule has 22 heavy (non-hydrogen) atoms. The molecular formula is C15H19ClN2O2S2. The molecule has 0 radical (unpaired) electrons. The molecule has 1 atom stereocenters. The van der Waals surface area contributed by atoms with E-state index in [2.05, 4.69) is 4.72 Å². The highest BCUT2D eigenvalue weighted by molar-refractivity contribution is 7.89. The van der Waals surface area contributed by atoms with Gasteiger partial charge in [-0.05, 0) is 50.2 Å². The molecule has 0 saturated heterocycles. The van der Waals surface area contributed by atoms with Crippen LogP contribution in [0.1, 0.15) is 16.5 Å². The molecule has 1 heterocycles. The predicted molar refractivity (Wildman–Crippen MR) is 92.1 cm³/mol. The summed E-state index contributed by atoms with van der Waals surface area (Å²) in [6.45, 7) is 2.16. The maximum Gasteiger partial charge on any atom is 0.242 e. The minimum Gasteiger partial charge on any atom is -0.300 e. The number of aryl methyl sites for hydroxylation is 1. The van der Waals surface area contributed by atoms with E-state index in [0.29, 0.717) is 6.54 Å². The molecule has 0 fully saturated rings. The van der Waals surface area contributed by atoms with Crippen LogP contribution < -0.4 is 4.72 Å². The van der Waals surface area contributed by atoms with Gasteiger partial charge in [-0.2, -0.15) is 0 Å². The van der Waals surface area contributed by atoms with Crippen molar-refractivity contribution in [3.63, 3.8) is 0 Å². The van der Waals surface area contributed by atoms with Crippen LogP contribution in [0, 0.1) is 6.92 Å². The Morgan fingerprint density at radius 1 is 1.32 bits per heavy atom. The normalized spacial score (nSPS) is 13.5. The summed E-state index contributed by atoms with van der Waals surface area (Å²) in [5.74, 6) is 0. The quantitative estimate of drug-likeness (QED) is 0.862.